The van der Waals surface area contributed by atoms with E-state index in [1.807, 2.05) is 25.1 Å². The number of aromatic nitrogens is 1. The van der Waals surface area contributed by atoms with Gasteiger partial charge in [0, 0.05) is 11.1 Å². The summed E-state index contributed by atoms with van der Waals surface area (Å²) in [7, 11) is 0. The van der Waals surface area contributed by atoms with Crippen LogP contribution in [-0.4, -0.2) is 4.98 Å². The number of rotatable bonds is 4. The maximum absolute atomic E-state index is 5.88. The smallest absolute Gasteiger partial charge is 0.0739 e. The molecular weight excluding hydrogens is 258 g/mol. The van der Waals surface area contributed by atoms with Crippen molar-refractivity contribution < 1.29 is 4.74 Å². The summed E-state index contributed by atoms with van der Waals surface area (Å²) in [4.78, 5) is 4.64. The van der Waals surface area contributed by atoms with E-state index in [1.54, 1.807) is 0 Å². The fraction of sp³-hybridized carbons (Fsp3) is 0.211. The van der Waals surface area contributed by atoms with Crippen molar-refractivity contribution in [2.75, 3.05) is 0 Å². The molecule has 0 atom stereocenters. The number of para-hydroxylation sites is 1. The third-order valence-electron chi connectivity index (χ3n) is 3.80. The Kier molecular flexibility index (Phi) is 3.98. The third kappa shape index (κ3) is 3.11. The minimum Gasteiger partial charge on any atom is -0.372 e. The van der Waals surface area contributed by atoms with Gasteiger partial charge >= 0.3 is 0 Å². The quantitative estimate of drug-likeness (QED) is 0.697. The van der Waals surface area contributed by atoms with Crippen LogP contribution < -0.4 is 0 Å². The second-order valence-electron chi connectivity index (χ2n) is 5.34. The van der Waals surface area contributed by atoms with Crippen molar-refractivity contribution in [3.05, 3.63) is 77.0 Å². The van der Waals surface area contributed by atoms with Crippen molar-refractivity contribution in [3.8, 4) is 0 Å². The van der Waals surface area contributed by atoms with Gasteiger partial charge in [-0.2, -0.15) is 0 Å². The zero-order valence-corrected chi connectivity index (χ0v) is 12.5. The molecule has 21 heavy (non-hydrogen) atoms. The van der Waals surface area contributed by atoms with Gasteiger partial charge in [0.05, 0.1) is 18.7 Å². The molecule has 0 saturated carbocycles. The molecule has 0 aliphatic carbocycles. The van der Waals surface area contributed by atoms with Gasteiger partial charge in [-0.3, -0.25) is 4.98 Å². The Hall–Kier alpha value is -2.19. The Balaban J connectivity index is 1.73. The van der Waals surface area contributed by atoms with Crippen LogP contribution >= 0.6 is 0 Å². The topological polar surface area (TPSA) is 22.1 Å². The molecule has 0 spiro atoms. The number of ether oxygens (including phenoxy) is 1. The van der Waals surface area contributed by atoms with Gasteiger partial charge in [0.1, 0.15) is 0 Å². The maximum atomic E-state index is 5.88. The first-order chi connectivity index (χ1) is 10.2. The average molecular weight is 277 g/mol. The molecular formula is C19H19NO. The van der Waals surface area contributed by atoms with Crippen molar-refractivity contribution in [3.63, 3.8) is 0 Å². The summed E-state index contributed by atoms with van der Waals surface area (Å²) in [6, 6.07) is 18.7. The van der Waals surface area contributed by atoms with E-state index in [9.17, 15) is 0 Å². The van der Waals surface area contributed by atoms with E-state index in [2.05, 4.69) is 48.3 Å². The normalized spacial score (nSPS) is 11.0. The molecule has 0 bridgehead atoms. The minimum absolute atomic E-state index is 0.595. The number of pyridine rings is 1. The van der Waals surface area contributed by atoms with Gasteiger partial charge in [0.2, 0.25) is 0 Å². The van der Waals surface area contributed by atoms with Crippen LogP contribution in [0.2, 0.25) is 0 Å². The molecule has 106 valence electrons. The lowest BCUT2D eigenvalue weighted by atomic mass is 10.1. The third-order valence-corrected chi connectivity index (χ3v) is 3.80. The van der Waals surface area contributed by atoms with Crippen LogP contribution in [0.5, 0.6) is 0 Å². The van der Waals surface area contributed by atoms with Gasteiger partial charge in [-0.15, -0.1) is 0 Å². The van der Waals surface area contributed by atoms with E-state index in [0.717, 1.165) is 22.2 Å². The summed E-state index contributed by atoms with van der Waals surface area (Å²) in [6.07, 6.45) is 0. The lowest BCUT2D eigenvalue weighted by Crippen LogP contribution is -1.99. The number of hydrogen-bond donors (Lipinski definition) is 0. The van der Waals surface area contributed by atoms with Crippen LogP contribution in [-0.2, 0) is 18.0 Å². The van der Waals surface area contributed by atoms with Gasteiger partial charge in [-0.05, 0) is 42.7 Å². The number of nitrogens with zero attached hydrogens (tertiary/aromatic N) is 1. The molecule has 0 unspecified atom stereocenters. The molecule has 2 heteroatoms. The predicted octanol–water partition coefficient (Wildman–Crippen LogP) is 4.57. The van der Waals surface area contributed by atoms with E-state index in [0.29, 0.717) is 13.2 Å². The Morgan fingerprint density at radius 3 is 2.43 bits per heavy atom. The van der Waals surface area contributed by atoms with E-state index in [1.165, 1.54) is 11.1 Å². The Labute approximate surface area is 125 Å². The van der Waals surface area contributed by atoms with E-state index in [-0.39, 0.29) is 0 Å². The SMILES string of the molecule is Cc1ccccc1COCc1cc2ccccc2nc1C. The van der Waals surface area contributed by atoms with Crippen LogP contribution in [0, 0.1) is 13.8 Å². The second-order valence-corrected chi connectivity index (χ2v) is 5.34. The van der Waals surface area contributed by atoms with Crippen LogP contribution in [0.25, 0.3) is 10.9 Å². The molecule has 2 nitrogen and oxygen atoms in total. The Morgan fingerprint density at radius 1 is 0.857 bits per heavy atom. The second kappa shape index (κ2) is 6.06. The molecule has 1 heterocycles. The lowest BCUT2D eigenvalue weighted by molar-refractivity contribution is 0.106. The molecule has 0 aliphatic heterocycles. The van der Waals surface area contributed by atoms with Crippen molar-refractivity contribution in [2.45, 2.75) is 27.1 Å². The van der Waals surface area contributed by atoms with Crippen molar-refractivity contribution in [1.29, 1.82) is 0 Å². The average Bonchev–Trinajstić information content (AvgIpc) is 2.49. The minimum atomic E-state index is 0.595. The molecule has 3 rings (SSSR count). The Morgan fingerprint density at radius 2 is 1.57 bits per heavy atom. The molecule has 1 aromatic heterocycles. The highest BCUT2D eigenvalue weighted by Crippen LogP contribution is 2.18. The van der Waals surface area contributed by atoms with Gasteiger partial charge in [-0.1, -0.05) is 42.5 Å². The molecule has 0 fully saturated rings. The summed E-state index contributed by atoms with van der Waals surface area (Å²) in [5.74, 6) is 0. The number of benzene rings is 2. The summed E-state index contributed by atoms with van der Waals surface area (Å²) in [5, 5.41) is 1.16. The molecule has 0 N–H and O–H groups in total. The summed E-state index contributed by atoms with van der Waals surface area (Å²) >= 11 is 0. The standard InChI is InChI=1S/C19H19NO/c1-14-7-3-4-9-17(14)12-21-13-18-11-16-8-5-6-10-19(16)20-15(18)2/h3-11H,12-13H2,1-2H3. The molecule has 3 aromatic rings. The van der Waals surface area contributed by atoms with Gasteiger partial charge in [0.15, 0.2) is 0 Å². The first-order valence-corrected chi connectivity index (χ1v) is 7.21. The zero-order valence-electron chi connectivity index (χ0n) is 12.5. The summed E-state index contributed by atoms with van der Waals surface area (Å²) in [6.45, 7) is 5.39. The molecule has 2 aromatic carbocycles. The molecule has 0 amide bonds. The van der Waals surface area contributed by atoms with Crippen LogP contribution in [0.1, 0.15) is 22.4 Å². The molecule has 0 aliphatic rings. The van der Waals surface area contributed by atoms with Crippen molar-refractivity contribution >= 4 is 10.9 Å². The highest BCUT2D eigenvalue weighted by molar-refractivity contribution is 5.79. The van der Waals surface area contributed by atoms with Crippen LogP contribution in [0.15, 0.2) is 54.6 Å². The largest absolute Gasteiger partial charge is 0.372 e. The van der Waals surface area contributed by atoms with Gasteiger partial charge < -0.3 is 4.74 Å². The van der Waals surface area contributed by atoms with Gasteiger partial charge in [0.25, 0.3) is 0 Å². The lowest BCUT2D eigenvalue weighted by Gasteiger charge is -2.10. The predicted molar refractivity (Wildman–Crippen MR) is 86.2 cm³/mol. The number of aryl methyl sites for hydroxylation is 2. The number of hydrogen-bond acceptors (Lipinski definition) is 2. The first kappa shape index (κ1) is 13.8. The summed E-state index contributed by atoms with van der Waals surface area (Å²) in [5.41, 5.74) is 5.74. The van der Waals surface area contributed by atoms with E-state index in [4.69, 9.17) is 4.74 Å². The molecule has 0 radical (unpaired) electrons. The van der Waals surface area contributed by atoms with Gasteiger partial charge in [-0.25, -0.2) is 0 Å². The zero-order chi connectivity index (χ0) is 14.7. The highest BCUT2D eigenvalue weighted by Gasteiger charge is 2.04. The molecule has 0 saturated heterocycles. The fourth-order valence-electron chi connectivity index (χ4n) is 2.45. The Bertz CT molecular complexity index is 764. The van der Waals surface area contributed by atoms with Crippen molar-refractivity contribution in [1.82, 2.24) is 4.98 Å². The first-order valence-electron chi connectivity index (χ1n) is 7.21. The maximum Gasteiger partial charge on any atom is 0.0739 e. The monoisotopic (exact) mass is 277 g/mol. The van der Waals surface area contributed by atoms with E-state index >= 15 is 0 Å². The van der Waals surface area contributed by atoms with Crippen LogP contribution in [0.4, 0.5) is 0 Å². The van der Waals surface area contributed by atoms with Crippen LogP contribution in [0.3, 0.4) is 0 Å². The number of fused-ring (bicyclic) bond motifs is 1. The highest BCUT2D eigenvalue weighted by atomic mass is 16.5. The fourth-order valence-corrected chi connectivity index (χ4v) is 2.45. The van der Waals surface area contributed by atoms with E-state index < -0.39 is 0 Å². The van der Waals surface area contributed by atoms with Crippen molar-refractivity contribution in [2.24, 2.45) is 0 Å². The summed E-state index contributed by atoms with van der Waals surface area (Å²) < 4.78 is 5.88.